The Hall–Kier alpha value is -9.49. The van der Waals surface area contributed by atoms with Gasteiger partial charge in [-0.3, -0.25) is 0 Å². The van der Waals surface area contributed by atoms with Gasteiger partial charge in [0, 0.05) is 0 Å². The Morgan fingerprint density at radius 1 is 0.133 bits per heavy atom. The van der Waals surface area contributed by atoms with Crippen LogP contribution in [0.4, 0.5) is 0 Å². The second-order valence-electron chi connectivity index (χ2n) is 24.7. The van der Waals surface area contributed by atoms with Gasteiger partial charge in [0.05, 0.1) is 0 Å². The molecule has 0 saturated heterocycles. The molecule has 0 aliphatic heterocycles. The number of rotatable bonds is 24. The van der Waals surface area contributed by atoms with Crippen LogP contribution in [0.1, 0.15) is 66.8 Å². The Labute approximate surface area is 649 Å². The molecule has 0 aliphatic rings. The van der Waals surface area contributed by atoms with Gasteiger partial charge in [-0.25, -0.2) is 18.3 Å². The summed E-state index contributed by atoms with van der Waals surface area (Å²) >= 11 is 0. The average Bonchev–Trinajstić information content (AvgIpc) is 0.843. The molecule has 12 rings (SSSR count). The van der Waals surface area contributed by atoms with Crippen LogP contribution in [0.5, 0.6) is 69.0 Å². The molecular weight excluding hydrogens is 1530 g/mol. The summed E-state index contributed by atoms with van der Waals surface area (Å²) in [6.07, 6.45) is 0. The molecule has 12 aromatic rings. The molecule has 4 N–H and O–H groups in total. The summed E-state index contributed by atoms with van der Waals surface area (Å²) in [7, 11) is -14.7. The van der Waals surface area contributed by atoms with Gasteiger partial charge in [-0.15, -0.1) is 0 Å². The third-order valence-electron chi connectivity index (χ3n) is 14.9. The van der Waals surface area contributed by atoms with E-state index in [4.69, 9.17) is 54.3 Å². The molecule has 0 amide bonds. The molecule has 16 nitrogen and oxygen atoms in total. The first-order valence-corrected chi connectivity index (χ1v) is 39.3. The summed E-state index contributed by atoms with van der Waals surface area (Å²) in [5, 5.41) is 0. The minimum absolute atomic E-state index is 0. The predicted molar refractivity (Wildman–Crippen MR) is 417 cm³/mol. The topological polar surface area (TPSA) is 196 Å². The molecule has 0 aliphatic carbocycles. The molecule has 0 fully saturated rings. The van der Waals surface area contributed by atoms with Crippen LogP contribution in [-0.4, -0.2) is 18.3 Å². The van der Waals surface area contributed by atoms with E-state index in [1.807, 2.05) is 229 Å². The molecule has 0 spiro atoms. The molecular formula is C84H88NdO16P4+7. The van der Waals surface area contributed by atoms with Gasteiger partial charge in [-0.1, -0.05) is 212 Å². The van der Waals surface area contributed by atoms with Crippen molar-refractivity contribution in [3.05, 3.63) is 358 Å². The molecule has 0 aromatic heterocycles. The van der Waals surface area contributed by atoms with E-state index in [-0.39, 0.29) is 40.8 Å². The minimum atomic E-state index is -3.68. The zero-order chi connectivity index (χ0) is 74.3. The van der Waals surface area contributed by atoms with Crippen molar-refractivity contribution in [3.8, 4) is 69.0 Å². The number of hydrogen-bond donors (Lipinski definition) is 0. The maximum Gasteiger partial charge on any atom is 3.00 e. The van der Waals surface area contributed by atoms with Gasteiger partial charge in [0.2, 0.25) is 0 Å². The van der Waals surface area contributed by atoms with Crippen molar-refractivity contribution in [3.63, 3.8) is 0 Å². The third kappa shape index (κ3) is 27.8. The predicted octanol–water partition coefficient (Wildman–Crippen LogP) is 24.8. The second-order valence-corrected chi connectivity index (χ2v) is 30.7. The van der Waals surface area contributed by atoms with E-state index in [9.17, 15) is 18.3 Å². The third-order valence-corrected chi connectivity index (χ3v) is 20.2. The fourth-order valence-corrected chi connectivity index (χ4v) is 14.1. The summed E-state index contributed by atoms with van der Waals surface area (Å²) < 4.78 is 113. The zero-order valence-electron chi connectivity index (χ0n) is 60.7. The number of hydrogen-bond acceptors (Lipinski definition) is 12. The zero-order valence-corrected chi connectivity index (χ0v) is 67.5. The van der Waals surface area contributed by atoms with Gasteiger partial charge < -0.3 is 54.3 Å². The Morgan fingerprint density at radius 2 is 0.190 bits per heavy atom. The van der Waals surface area contributed by atoms with Gasteiger partial charge in [-0.2, -0.15) is 0 Å². The smallest absolute Gasteiger partial charge is 0.344 e. The van der Waals surface area contributed by atoms with E-state index >= 15 is 0 Å². The summed E-state index contributed by atoms with van der Waals surface area (Å²) in [6.45, 7) is 23.8. The van der Waals surface area contributed by atoms with Crippen molar-refractivity contribution < 1.29 is 113 Å². The molecule has 21 heteroatoms. The van der Waals surface area contributed by atoms with Crippen LogP contribution >= 0.6 is 31.3 Å². The van der Waals surface area contributed by atoms with E-state index < -0.39 is 31.3 Å². The molecule has 0 heterocycles. The van der Waals surface area contributed by atoms with Gasteiger partial charge in [0.15, 0.2) is 0 Å². The van der Waals surface area contributed by atoms with Crippen molar-refractivity contribution in [1.82, 2.24) is 0 Å². The van der Waals surface area contributed by atoms with E-state index in [1.165, 1.54) is 0 Å². The maximum absolute atomic E-state index is 11.0. The normalized spacial score (nSPS) is 10.9. The van der Waals surface area contributed by atoms with Gasteiger partial charge in [0.1, 0.15) is 69.0 Å². The van der Waals surface area contributed by atoms with Gasteiger partial charge in [0.25, 0.3) is 0 Å². The molecule has 105 heavy (non-hydrogen) atoms. The molecule has 0 bridgehead atoms. The average molecular weight is 1620 g/mol. The fraction of sp³-hybridized carbons (Fsp3) is 0.143. The van der Waals surface area contributed by atoms with Crippen LogP contribution in [0.3, 0.4) is 0 Å². The Kier molecular flexibility index (Phi) is 29.8. The van der Waals surface area contributed by atoms with Gasteiger partial charge >= 0.3 is 72.1 Å². The molecule has 537 valence electrons. The van der Waals surface area contributed by atoms with E-state index in [2.05, 4.69) is 0 Å². The van der Waals surface area contributed by atoms with Crippen molar-refractivity contribution in [1.29, 1.82) is 0 Å². The number of aryl methyl sites for hydroxylation is 12. The summed E-state index contributed by atoms with van der Waals surface area (Å²) in [5.74, 6) is 5.73. The first-order valence-electron chi connectivity index (χ1n) is 33.3. The van der Waals surface area contributed by atoms with Crippen LogP contribution in [0.2, 0.25) is 0 Å². The number of benzene rings is 12. The van der Waals surface area contributed by atoms with E-state index in [1.54, 1.807) is 146 Å². The Balaban J connectivity index is 0.000000176. The molecule has 1 radical (unpaired) electrons. The SMILES string of the molecule is Cc1ccc(OP(=[OH+])(Oc2ccc(C)cc2)Oc2ccc(C)cc2)cc1.Cc1ccc(OP(=[OH+])(Oc2ccc(C)cc2)Oc2ccc(C)cc2)cc1.Cc1ccc(OP(=[OH+])(Oc2ccc(C)cc2)Oc2ccc(C)cc2)cc1.Cc1ccc(OP(=[OH+])(Oc2ccc(C)cc2)Oc2ccc(C)cc2)cc1.[Nd+3]. The van der Waals surface area contributed by atoms with Crippen LogP contribution in [0.15, 0.2) is 291 Å². The van der Waals surface area contributed by atoms with Crippen molar-refractivity contribution in [2.75, 3.05) is 0 Å². The van der Waals surface area contributed by atoms with E-state index in [0.29, 0.717) is 69.0 Å². The van der Waals surface area contributed by atoms with Crippen molar-refractivity contribution in [2.45, 2.75) is 83.1 Å². The Bertz CT molecular complexity index is 3750. The van der Waals surface area contributed by atoms with Crippen LogP contribution in [0.25, 0.3) is 0 Å². The minimum Gasteiger partial charge on any atom is -0.344 e. The molecule has 0 saturated carbocycles. The fourth-order valence-electron chi connectivity index (χ4n) is 9.01. The molecule has 0 unspecified atom stereocenters. The Morgan fingerprint density at radius 3 is 0.248 bits per heavy atom. The van der Waals surface area contributed by atoms with Gasteiger partial charge in [-0.05, 0) is 229 Å². The monoisotopic (exact) mass is 1620 g/mol. The largest absolute Gasteiger partial charge is 3.00 e. The molecule has 0 atom stereocenters. The molecule has 12 aromatic carbocycles. The van der Waals surface area contributed by atoms with Crippen LogP contribution in [-0.2, 0) is 0 Å². The van der Waals surface area contributed by atoms with Crippen LogP contribution in [0, 0.1) is 124 Å². The standard InChI is InChI=1S/4C21H21O4P.Nd/c4*1-16-4-10-19(11-5-16)23-26(22,24-20-12-6-17(2)7-13-20)25-21-14-8-18(3)9-15-21;/h4*4-15H,1-3H3;/q;;;;+3/p+4. The maximum atomic E-state index is 11.0. The first kappa shape index (κ1) is 81.2. The summed E-state index contributed by atoms with van der Waals surface area (Å²) in [4.78, 5) is 0. The van der Waals surface area contributed by atoms with Crippen molar-refractivity contribution >= 4 is 31.3 Å². The summed E-state index contributed by atoms with van der Waals surface area (Å²) in [5.41, 5.74) is 13.1. The summed E-state index contributed by atoms with van der Waals surface area (Å²) in [6, 6.07) is 88.2. The first-order chi connectivity index (χ1) is 49.7. The second kappa shape index (κ2) is 38.5. The van der Waals surface area contributed by atoms with Crippen LogP contribution < -0.4 is 54.3 Å². The van der Waals surface area contributed by atoms with E-state index in [0.717, 1.165) is 66.8 Å². The quantitative estimate of drug-likeness (QED) is 0.0411. The van der Waals surface area contributed by atoms with Crippen molar-refractivity contribution in [2.24, 2.45) is 0 Å².